The van der Waals surface area contributed by atoms with Gasteiger partial charge in [-0.1, -0.05) is 12.1 Å². The zero-order chi connectivity index (χ0) is 19.5. The molecule has 0 aromatic heterocycles. The van der Waals surface area contributed by atoms with Crippen molar-refractivity contribution in [2.24, 2.45) is 0 Å². The van der Waals surface area contributed by atoms with Crippen LogP contribution in [0.3, 0.4) is 0 Å². The van der Waals surface area contributed by atoms with Crippen molar-refractivity contribution in [2.75, 3.05) is 6.54 Å². The number of rotatable bonds is 4. The van der Waals surface area contributed by atoms with E-state index in [-0.39, 0.29) is 29.0 Å². The van der Waals surface area contributed by atoms with Crippen LogP contribution in [0.1, 0.15) is 50.9 Å². The minimum absolute atomic E-state index is 0.110. The Labute approximate surface area is 153 Å². The molecular formula is C19H27N3O4. The number of aromatic hydroxyl groups is 1. The van der Waals surface area contributed by atoms with Crippen LogP contribution in [0.4, 0.5) is 0 Å². The lowest BCUT2D eigenvalue weighted by atomic mass is 10.1. The van der Waals surface area contributed by atoms with E-state index in [1.54, 1.807) is 19.1 Å². The quantitative estimate of drug-likeness (QED) is 0.755. The maximum atomic E-state index is 12.7. The fraction of sp³-hybridized carbons (Fsp3) is 0.526. The molecule has 1 aromatic rings. The summed E-state index contributed by atoms with van der Waals surface area (Å²) in [5, 5.41) is 15.4. The van der Waals surface area contributed by atoms with Crippen molar-refractivity contribution in [3.63, 3.8) is 0 Å². The molecule has 0 radical (unpaired) electrons. The van der Waals surface area contributed by atoms with Gasteiger partial charge in [0.2, 0.25) is 11.8 Å². The van der Waals surface area contributed by atoms with Crippen LogP contribution < -0.4 is 10.6 Å². The lowest BCUT2D eigenvalue weighted by Gasteiger charge is -2.27. The van der Waals surface area contributed by atoms with E-state index in [9.17, 15) is 19.5 Å². The van der Waals surface area contributed by atoms with E-state index in [4.69, 9.17) is 0 Å². The molecule has 0 unspecified atom stereocenters. The molecule has 1 aliphatic rings. The van der Waals surface area contributed by atoms with Gasteiger partial charge in [0.05, 0.1) is 5.56 Å². The van der Waals surface area contributed by atoms with E-state index in [2.05, 4.69) is 10.6 Å². The van der Waals surface area contributed by atoms with Gasteiger partial charge in [0.1, 0.15) is 17.8 Å². The number of amides is 3. The molecule has 7 nitrogen and oxygen atoms in total. The van der Waals surface area contributed by atoms with Crippen molar-refractivity contribution in [3.8, 4) is 5.75 Å². The van der Waals surface area contributed by atoms with E-state index in [1.807, 2.05) is 20.8 Å². The summed E-state index contributed by atoms with van der Waals surface area (Å²) in [6.45, 7) is 7.65. The molecule has 3 N–H and O–H groups in total. The monoisotopic (exact) mass is 361 g/mol. The lowest BCUT2D eigenvalue weighted by molar-refractivity contribution is -0.131. The highest BCUT2D eigenvalue weighted by molar-refractivity contribution is 6.00. The molecule has 0 aliphatic carbocycles. The van der Waals surface area contributed by atoms with Crippen molar-refractivity contribution >= 4 is 17.7 Å². The predicted octanol–water partition coefficient (Wildman–Crippen LogP) is 1.42. The molecule has 1 aliphatic heterocycles. The average Bonchev–Trinajstić information content (AvgIpc) is 3.02. The summed E-state index contributed by atoms with van der Waals surface area (Å²) in [6, 6.07) is 4.92. The van der Waals surface area contributed by atoms with Crippen molar-refractivity contribution in [1.82, 2.24) is 15.5 Å². The number of hydrogen-bond donors (Lipinski definition) is 3. The number of carbonyl (C=O) groups excluding carboxylic acids is 3. The second kappa shape index (κ2) is 7.76. The van der Waals surface area contributed by atoms with Gasteiger partial charge in [0.15, 0.2) is 0 Å². The predicted molar refractivity (Wildman–Crippen MR) is 97.7 cm³/mol. The number of para-hydroxylation sites is 1. The van der Waals surface area contributed by atoms with Gasteiger partial charge in [0, 0.05) is 12.1 Å². The van der Waals surface area contributed by atoms with Gasteiger partial charge < -0.3 is 20.6 Å². The summed E-state index contributed by atoms with van der Waals surface area (Å²) in [5.41, 5.74) is -0.221. The SMILES string of the molecule is C[C@H](NC(=O)[C@@H]1CCCN1C(=O)c1ccccc1O)C(=O)NC(C)(C)C. The van der Waals surface area contributed by atoms with Crippen LogP contribution in [-0.2, 0) is 9.59 Å². The Hall–Kier alpha value is -2.57. The molecule has 26 heavy (non-hydrogen) atoms. The van der Waals surface area contributed by atoms with E-state index in [1.165, 1.54) is 17.0 Å². The van der Waals surface area contributed by atoms with Gasteiger partial charge in [-0.15, -0.1) is 0 Å². The number of likely N-dealkylation sites (tertiary alicyclic amines) is 1. The highest BCUT2D eigenvalue weighted by Crippen LogP contribution is 2.24. The number of phenols is 1. The minimum atomic E-state index is -0.704. The number of carbonyl (C=O) groups is 3. The number of hydrogen-bond acceptors (Lipinski definition) is 4. The third-order valence-corrected chi connectivity index (χ3v) is 4.20. The van der Waals surface area contributed by atoms with Crippen LogP contribution in [-0.4, -0.2) is 51.9 Å². The minimum Gasteiger partial charge on any atom is -0.507 e. The molecule has 1 aromatic carbocycles. The maximum Gasteiger partial charge on any atom is 0.258 e. The summed E-state index contributed by atoms with van der Waals surface area (Å²) in [6.07, 6.45) is 1.22. The Bertz CT molecular complexity index is 696. The van der Waals surface area contributed by atoms with Crippen LogP contribution in [0.5, 0.6) is 5.75 Å². The molecule has 7 heteroatoms. The molecule has 0 spiro atoms. The molecule has 1 fully saturated rings. The maximum absolute atomic E-state index is 12.7. The summed E-state index contributed by atoms with van der Waals surface area (Å²) >= 11 is 0. The van der Waals surface area contributed by atoms with Crippen LogP contribution in [0.15, 0.2) is 24.3 Å². The Kier molecular flexibility index (Phi) is 5.90. The van der Waals surface area contributed by atoms with Crippen molar-refractivity contribution in [1.29, 1.82) is 0 Å². The highest BCUT2D eigenvalue weighted by atomic mass is 16.3. The smallest absolute Gasteiger partial charge is 0.258 e. The van der Waals surface area contributed by atoms with Gasteiger partial charge in [-0.3, -0.25) is 14.4 Å². The number of nitrogens with one attached hydrogen (secondary N) is 2. The molecule has 2 atom stereocenters. The topological polar surface area (TPSA) is 98.7 Å². The fourth-order valence-corrected chi connectivity index (χ4v) is 2.94. The molecule has 1 heterocycles. The first kappa shape index (κ1) is 19.8. The van der Waals surface area contributed by atoms with E-state index in [0.29, 0.717) is 19.4 Å². The third kappa shape index (κ3) is 4.74. The molecule has 2 rings (SSSR count). The molecule has 1 saturated heterocycles. The van der Waals surface area contributed by atoms with E-state index < -0.39 is 17.6 Å². The van der Waals surface area contributed by atoms with Crippen LogP contribution in [0.2, 0.25) is 0 Å². The average molecular weight is 361 g/mol. The Morgan fingerprint density at radius 3 is 2.50 bits per heavy atom. The number of benzene rings is 1. The molecule has 0 saturated carbocycles. The normalized spacial score (nSPS) is 18.3. The van der Waals surface area contributed by atoms with Crippen molar-refractivity contribution in [3.05, 3.63) is 29.8 Å². The first-order valence-corrected chi connectivity index (χ1v) is 8.81. The van der Waals surface area contributed by atoms with Crippen molar-refractivity contribution < 1.29 is 19.5 Å². The lowest BCUT2D eigenvalue weighted by Crippen LogP contribution is -2.54. The van der Waals surface area contributed by atoms with Crippen LogP contribution in [0.25, 0.3) is 0 Å². The molecular weight excluding hydrogens is 334 g/mol. The second-order valence-electron chi connectivity index (χ2n) is 7.64. The molecule has 3 amide bonds. The summed E-state index contributed by atoms with van der Waals surface area (Å²) < 4.78 is 0. The summed E-state index contributed by atoms with van der Waals surface area (Å²) in [5.74, 6) is -1.13. The zero-order valence-electron chi connectivity index (χ0n) is 15.7. The largest absolute Gasteiger partial charge is 0.507 e. The highest BCUT2D eigenvalue weighted by Gasteiger charge is 2.36. The zero-order valence-corrected chi connectivity index (χ0v) is 15.7. The first-order chi connectivity index (χ1) is 12.1. The third-order valence-electron chi connectivity index (χ3n) is 4.20. The summed E-state index contributed by atoms with van der Waals surface area (Å²) in [4.78, 5) is 38.9. The van der Waals surface area contributed by atoms with Crippen LogP contribution >= 0.6 is 0 Å². The standard InChI is InChI=1S/C19H27N3O4/c1-12(16(24)21-19(2,3)4)20-17(25)14-9-7-11-22(14)18(26)13-8-5-6-10-15(13)23/h5-6,8,10,12,14,23H,7,9,11H2,1-4H3,(H,20,25)(H,21,24)/t12-,14-/m0/s1. The Morgan fingerprint density at radius 1 is 1.23 bits per heavy atom. The van der Waals surface area contributed by atoms with Crippen LogP contribution in [0, 0.1) is 0 Å². The fourth-order valence-electron chi connectivity index (χ4n) is 2.94. The Balaban J connectivity index is 2.05. The van der Waals surface area contributed by atoms with Gasteiger partial charge in [0.25, 0.3) is 5.91 Å². The molecule has 142 valence electrons. The van der Waals surface area contributed by atoms with E-state index in [0.717, 1.165) is 0 Å². The van der Waals surface area contributed by atoms with Gasteiger partial charge in [-0.2, -0.15) is 0 Å². The summed E-state index contributed by atoms with van der Waals surface area (Å²) in [7, 11) is 0. The number of nitrogens with zero attached hydrogens (tertiary/aromatic N) is 1. The second-order valence-corrected chi connectivity index (χ2v) is 7.64. The van der Waals surface area contributed by atoms with Gasteiger partial charge in [-0.05, 0) is 52.7 Å². The van der Waals surface area contributed by atoms with Gasteiger partial charge in [-0.25, -0.2) is 0 Å². The van der Waals surface area contributed by atoms with E-state index >= 15 is 0 Å². The Morgan fingerprint density at radius 2 is 1.88 bits per heavy atom. The first-order valence-electron chi connectivity index (χ1n) is 8.81. The van der Waals surface area contributed by atoms with Gasteiger partial charge >= 0.3 is 0 Å². The molecule has 0 bridgehead atoms. The number of phenolic OH excluding ortho intramolecular Hbond substituents is 1. The van der Waals surface area contributed by atoms with Crippen molar-refractivity contribution in [2.45, 2.75) is 58.2 Å².